The molecule has 1 aliphatic rings. The summed E-state index contributed by atoms with van der Waals surface area (Å²) in [6, 6.07) is 0.104. The van der Waals surface area contributed by atoms with Crippen LogP contribution in [0.15, 0.2) is 0 Å². The highest BCUT2D eigenvalue weighted by atomic mass is 16.1. The second kappa shape index (κ2) is 7.10. The van der Waals surface area contributed by atoms with E-state index in [0.717, 1.165) is 31.3 Å². The van der Waals surface area contributed by atoms with Crippen molar-refractivity contribution in [2.45, 2.75) is 52.6 Å². The summed E-state index contributed by atoms with van der Waals surface area (Å²) in [6.45, 7) is 12.0. The molecule has 2 atom stereocenters. The number of carbonyl (C=O) groups is 1. The summed E-state index contributed by atoms with van der Waals surface area (Å²) in [5, 5.41) is 3.24. The fourth-order valence-electron chi connectivity index (χ4n) is 2.63. The number of nitrogens with two attached hydrogens (primary N) is 1. The number of hydrogen-bond acceptors (Lipinski definition) is 3. The van der Waals surface area contributed by atoms with Crippen LogP contribution in [-0.4, -0.2) is 42.5 Å². The molecule has 2 unspecified atom stereocenters. The highest BCUT2D eigenvalue weighted by Gasteiger charge is 2.25. The fourth-order valence-corrected chi connectivity index (χ4v) is 2.63. The van der Waals surface area contributed by atoms with Crippen LogP contribution in [-0.2, 0) is 4.79 Å². The van der Waals surface area contributed by atoms with Crippen LogP contribution in [0.25, 0.3) is 0 Å². The van der Waals surface area contributed by atoms with E-state index >= 15 is 0 Å². The van der Waals surface area contributed by atoms with Gasteiger partial charge in [0, 0.05) is 19.1 Å². The van der Waals surface area contributed by atoms with E-state index < -0.39 is 0 Å². The number of rotatable bonds is 7. The number of hydrogen-bond donors (Lipinski definition) is 2. The zero-order valence-corrected chi connectivity index (χ0v) is 12.3. The van der Waals surface area contributed by atoms with Crippen LogP contribution in [0.2, 0.25) is 0 Å². The molecule has 3 N–H and O–H groups in total. The molecule has 4 heteroatoms. The molecule has 1 fully saturated rings. The molecule has 0 bridgehead atoms. The smallest absolute Gasteiger partial charge is 0.234 e. The minimum Gasteiger partial charge on any atom is -0.368 e. The van der Waals surface area contributed by atoms with Gasteiger partial charge in [-0.3, -0.25) is 4.79 Å². The van der Waals surface area contributed by atoms with Crippen molar-refractivity contribution in [3.05, 3.63) is 0 Å². The molecule has 0 saturated carbocycles. The Kier molecular flexibility index (Phi) is 6.09. The Hall–Kier alpha value is -0.610. The Labute approximate surface area is 111 Å². The van der Waals surface area contributed by atoms with Crippen molar-refractivity contribution < 1.29 is 4.79 Å². The monoisotopic (exact) mass is 255 g/mol. The van der Waals surface area contributed by atoms with E-state index in [1.54, 1.807) is 0 Å². The quantitative estimate of drug-likeness (QED) is 0.719. The largest absolute Gasteiger partial charge is 0.368 e. The Balaban J connectivity index is 2.33. The number of likely N-dealkylation sites (tertiary alicyclic amines) is 1. The highest BCUT2D eigenvalue weighted by Crippen LogP contribution is 2.23. The fraction of sp³-hybridized carbons (Fsp3) is 0.929. The van der Waals surface area contributed by atoms with Gasteiger partial charge in [-0.15, -0.1) is 0 Å². The third-order valence-electron chi connectivity index (χ3n) is 3.86. The predicted octanol–water partition coefficient (Wildman–Crippen LogP) is 1.21. The van der Waals surface area contributed by atoms with Gasteiger partial charge < -0.3 is 16.0 Å². The third kappa shape index (κ3) is 4.94. The first-order chi connectivity index (χ1) is 8.40. The zero-order valence-electron chi connectivity index (χ0n) is 12.3. The minimum absolute atomic E-state index is 0.192. The van der Waals surface area contributed by atoms with Crippen molar-refractivity contribution in [2.75, 3.05) is 19.6 Å². The van der Waals surface area contributed by atoms with E-state index in [9.17, 15) is 4.79 Å². The van der Waals surface area contributed by atoms with Gasteiger partial charge in [0.25, 0.3) is 0 Å². The topological polar surface area (TPSA) is 58.4 Å². The second-order valence-electron chi connectivity index (χ2n) is 6.16. The Morgan fingerprint density at radius 1 is 1.39 bits per heavy atom. The first-order valence-corrected chi connectivity index (χ1v) is 7.17. The van der Waals surface area contributed by atoms with Crippen LogP contribution in [0.3, 0.4) is 0 Å². The Morgan fingerprint density at radius 3 is 2.50 bits per heavy atom. The molecule has 1 amide bonds. The van der Waals surface area contributed by atoms with Gasteiger partial charge in [-0.1, -0.05) is 27.7 Å². The van der Waals surface area contributed by atoms with Crippen molar-refractivity contribution >= 4 is 5.91 Å². The molecule has 1 rings (SSSR count). The molecule has 106 valence electrons. The van der Waals surface area contributed by atoms with E-state index in [-0.39, 0.29) is 11.9 Å². The van der Waals surface area contributed by atoms with Gasteiger partial charge in [-0.05, 0) is 31.2 Å². The lowest BCUT2D eigenvalue weighted by molar-refractivity contribution is -0.120. The van der Waals surface area contributed by atoms with Gasteiger partial charge >= 0.3 is 0 Å². The van der Waals surface area contributed by atoms with E-state index in [0.29, 0.717) is 6.04 Å². The summed E-state index contributed by atoms with van der Waals surface area (Å²) in [6.07, 6.45) is 2.11. The van der Waals surface area contributed by atoms with Crippen LogP contribution >= 0.6 is 0 Å². The van der Waals surface area contributed by atoms with Gasteiger partial charge in [0.1, 0.15) is 0 Å². The van der Waals surface area contributed by atoms with Crippen molar-refractivity contribution in [3.8, 4) is 0 Å². The summed E-state index contributed by atoms with van der Waals surface area (Å²) in [4.78, 5) is 13.8. The molecule has 0 spiro atoms. The predicted molar refractivity (Wildman–Crippen MR) is 75.3 cm³/mol. The van der Waals surface area contributed by atoms with Gasteiger partial charge in [-0.25, -0.2) is 0 Å². The Bertz CT molecular complexity index is 266. The van der Waals surface area contributed by atoms with Gasteiger partial charge in [0.15, 0.2) is 0 Å². The highest BCUT2D eigenvalue weighted by molar-refractivity contribution is 5.79. The lowest BCUT2D eigenvalue weighted by Gasteiger charge is -2.22. The molecule has 1 aliphatic heterocycles. The third-order valence-corrected chi connectivity index (χ3v) is 3.86. The van der Waals surface area contributed by atoms with Crippen LogP contribution < -0.4 is 11.1 Å². The molecule has 18 heavy (non-hydrogen) atoms. The lowest BCUT2D eigenvalue weighted by Crippen LogP contribution is -2.46. The molecule has 1 saturated heterocycles. The van der Waals surface area contributed by atoms with Gasteiger partial charge in [0.05, 0.1) is 6.04 Å². The van der Waals surface area contributed by atoms with Gasteiger partial charge in [0.2, 0.25) is 5.91 Å². The standard InChI is InChI=1S/C14H29N3O/c1-10(2)12-5-7-17(9-12)8-6-13(14(15)18)16-11(3)4/h10-13,16H,5-9H2,1-4H3,(H2,15,18). The molecule has 1 heterocycles. The summed E-state index contributed by atoms with van der Waals surface area (Å²) in [5.74, 6) is 1.34. The molecular formula is C14H29N3O. The van der Waals surface area contributed by atoms with Crippen molar-refractivity contribution in [2.24, 2.45) is 17.6 Å². The normalized spacial score (nSPS) is 22.9. The maximum atomic E-state index is 11.4. The van der Waals surface area contributed by atoms with Crippen LogP contribution in [0.1, 0.15) is 40.5 Å². The van der Waals surface area contributed by atoms with E-state index in [4.69, 9.17) is 5.73 Å². The molecule has 4 nitrogen and oxygen atoms in total. The van der Waals surface area contributed by atoms with Gasteiger partial charge in [-0.2, -0.15) is 0 Å². The number of nitrogens with one attached hydrogen (secondary N) is 1. The zero-order chi connectivity index (χ0) is 13.7. The minimum atomic E-state index is -0.233. The molecule has 0 aromatic carbocycles. The second-order valence-corrected chi connectivity index (χ2v) is 6.16. The van der Waals surface area contributed by atoms with Crippen molar-refractivity contribution in [1.29, 1.82) is 0 Å². The van der Waals surface area contributed by atoms with E-state index in [1.165, 1.54) is 13.0 Å². The number of carbonyl (C=O) groups excluding carboxylic acids is 1. The van der Waals surface area contributed by atoms with E-state index in [2.05, 4.69) is 24.1 Å². The Morgan fingerprint density at radius 2 is 2.06 bits per heavy atom. The number of amides is 1. The van der Waals surface area contributed by atoms with E-state index in [1.807, 2.05) is 13.8 Å². The van der Waals surface area contributed by atoms with Crippen LogP contribution in [0.5, 0.6) is 0 Å². The summed E-state index contributed by atoms with van der Waals surface area (Å²) < 4.78 is 0. The summed E-state index contributed by atoms with van der Waals surface area (Å²) >= 11 is 0. The average Bonchev–Trinajstić information content (AvgIpc) is 2.72. The molecular weight excluding hydrogens is 226 g/mol. The first kappa shape index (κ1) is 15.4. The molecule has 0 aliphatic carbocycles. The van der Waals surface area contributed by atoms with Crippen LogP contribution in [0.4, 0.5) is 0 Å². The number of nitrogens with zero attached hydrogens (tertiary/aromatic N) is 1. The maximum Gasteiger partial charge on any atom is 0.234 e. The average molecular weight is 255 g/mol. The summed E-state index contributed by atoms with van der Waals surface area (Å²) in [5.41, 5.74) is 5.43. The van der Waals surface area contributed by atoms with Crippen molar-refractivity contribution in [3.63, 3.8) is 0 Å². The SMILES string of the molecule is CC(C)NC(CCN1CCC(C(C)C)C1)C(N)=O. The summed E-state index contributed by atoms with van der Waals surface area (Å²) in [7, 11) is 0. The molecule has 0 aromatic rings. The molecule has 0 aromatic heterocycles. The number of primary amides is 1. The molecule has 0 radical (unpaired) electrons. The van der Waals surface area contributed by atoms with Crippen LogP contribution in [0, 0.1) is 11.8 Å². The lowest BCUT2D eigenvalue weighted by atomic mass is 9.95. The van der Waals surface area contributed by atoms with Crippen molar-refractivity contribution in [1.82, 2.24) is 10.2 Å². The first-order valence-electron chi connectivity index (χ1n) is 7.17. The maximum absolute atomic E-state index is 11.4.